The number of methoxy groups -OCH3 is 1. The molecule has 0 N–H and O–H groups in total. The van der Waals surface area contributed by atoms with Gasteiger partial charge in [-0.15, -0.1) is 0 Å². The summed E-state index contributed by atoms with van der Waals surface area (Å²) in [7, 11) is 1.34. The third-order valence-corrected chi connectivity index (χ3v) is 2.19. The Morgan fingerprint density at radius 3 is 2.43 bits per heavy atom. The number of esters is 1. The van der Waals surface area contributed by atoms with Gasteiger partial charge in [0.25, 0.3) is 0 Å². The van der Waals surface area contributed by atoms with E-state index < -0.39 is 6.10 Å². The molecule has 0 saturated heterocycles. The van der Waals surface area contributed by atoms with E-state index in [0.29, 0.717) is 5.75 Å². The molecule has 1 aromatic carbocycles. The lowest BCUT2D eigenvalue weighted by Gasteiger charge is -2.11. The summed E-state index contributed by atoms with van der Waals surface area (Å²) >= 11 is 3.31. The largest absolute Gasteiger partial charge is 0.479 e. The van der Waals surface area contributed by atoms with Gasteiger partial charge in [-0.2, -0.15) is 0 Å². The molecule has 0 amide bonds. The average Bonchev–Trinajstić information content (AvgIpc) is 2.20. The molecule has 1 aromatic rings. The van der Waals surface area contributed by atoms with Crippen molar-refractivity contribution in [2.24, 2.45) is 0 Å². The standard InChI is InChI=1S/C10H11BrO3/c1-7(10(12)13-2)14-9-5-3-8(11)4-6-9/h3-7H,1-2H3/t7-/m1/s1. The van der Waals surface area contributed by atoms with Crippen LogP contribution in [0.15, 0.2) is 28.7 Å². The van der Waals surface area contributed by atoms with Crippen LogP contribution in [0.4, 0.5) is 0 Å². The lowest BCUT2D eigenvalue weighted by Crippen LogP contribution is -2.24. The summed E-state index contributed by atoms with van der Waals surface area (Å²) in [5.74, 6) is 0.263. The van der Waals surface area contributed by atoms with Crippen LogP contribution in [0.5, 0.6) is 5.75 Å². The summed E-state index contributed by atoms with van der Waals surface area (Å²) < 4.78 is 10.8. The van der Waals surface area contributed by atoms with E-state index in [-0.39, 0.29) is 5.97 Å². The first kappa shape index (κ1) is 11.0. The zero-order chi connectivity index (χ0) is 10.6. The molecule has 0 heterocycles. The lowest BCUT2D eigenvalue weighted by atomic mass is 10.3. The molecular weight excluding hydrogens is 248 g/mol. The molecule has 0 unspecified atom stereocenters. The van der Waals surface area contributed by atoms with E-state index in [1.807, 2.05) is 12.1 Å². The minimum Gasteiger partial charge on any atom is -0.479 e. The van der Waals surface area contributed by atoms with E-state index in [1.54, 1.807) is 19.1 Å². The Labute approximate surface area is 91.1 Å². The van der Waals surface area contributed by atoms with Crippen molar-refractivity contribution < 1.29 is 14.3 Å². The fourth-order valence-corrected chi connectivity index (χ4v) is 1.20. The van der Waals surface area contributed by atoms with Crippen molar-refractivity contribution in [2.75, 3.05) is 7.11 Å². The first-order valence-corrected chi connectivity index (χ1v) is 4.93. The average molecular weight is 259 g/mol. The Kier molecular flexibility index (Phi) is 3.95. The van der Waals surface area contributed by atoms with Crippen LogP contribution in [0, 0.1) is 0 Å². The number of carbonyl (C=O) groups excluding carboxylic acids is 1. The van der Waals surface area contributed by atoms with E-state index in [2.05, 4.69) is 20.7 Å². The fraction of sp³-hybridized carbons (Fsp3) is 0.300. The Balaban J connectivity index is 2.60. The van der Waals surface area contributed by atoms with Gasteiger partial charge in [-0.25, -0.2) is 4.79 Å². The van der Waals surface area contributed by atoms with Crippen LogP contribution < -0.4 is 4.74 Å². The predicted octanol–water partition coefficient (Wildman–Crippen LogP) is 2.39. The zero-order valence-corrected chi connectivity index (χ0v) is 9.58. The summed E-state index contributed by atoms with van der Waals surface area (Å²) in [5, 5.41) is 0. The van der Waals surface area contributed by atoms with E-state index in [4.69, 9.17) is 4.74 Å². The molecule has 14 heavy (non-hydrogen) atoms. The molecule has 76 valence electrons. The minimum atomic E-state index is -0.582. The van der Waals surface area contributed by atoms with Crippen molar-refractivity contribution in [3.8, 4) is 5.75 Å². The number of ether oxygens (including phenoxy) is 2. The normalized spacial score (nSPS) is 11.9. The summed E-state index contributed by atoms with van der Waals surface area (Å²) in [6, 6.07) is 7.26. The van der Waals surface area contributed by atoms with Crippen molar-refractivity contribution in [1.82, 2.24) is 0 Å². The van der Waals surface area contributed by atoms with Crippen molar-refractivity contribution in [3.05, 3.63) is 28.7 Å². The summed E-state index contributed by atoms with van der Waals surface area (Å²) in [6.45, 7) is 1.65. The minimum absolute atomic E-state index is 0.382. The number of hydrogen-bond acceptors (Lipinski definition) is 3. The Bertz CT molecular complexity index is 308. The molecule has 1 rings (SSSR count). The van der Waals surface area contributed by atoms with E-state index in [0.717, 1.165) is 4.47 Å². The number of halogens is 1. The second kappa shape index (κ2) is 5.00. The molecule has 0 saturated carbocycles. The first-order valence-electron chi connectivity index (χ1n) is 4.13. The van der Waals surface area contributed by atoms with Crippen molar-refractivity contribution in [3.63, 3.8) is 0 Å². The fourth-order valence-electron chi connectivity index (χ4n) is 0.931. The van der Waals surface area contributed by atoms with Crippen LogP contribution in [-0.4, -0.2) is 19.2 Å². The van der Waals surface area contributed by atoms with Gasteiger partial charge < -0.3 is 9.47 Å². The van der Waals surface area contributed by atoms with Crippen LogP contribution in [0.2, 0.25) is 0 Å². The molecule has 3 nitrogen and oxygen atoms in total. The molecular formula is C10H11BrO3. The third-order valence-electron chi connectivity index (χ3n) is 1.66. The molecule has 0 spiro atoms. The van der Waals surface area contributed by atoms with Crippen LogP contribution in [0.25, 0.3) is 0 Å². The Morgan fingerprint density at radius 1 is 1.36 bits per heavy atom. The summed E-state index contributed by atoms with van der Waals surface area (Å²) in [4.78, 5) is 11.0. The van der Waals surface area contributed by atoms with Crippen molar-refractivity contribution in [1.29, 1.82) is 0 Å². The number of benzene rings is 1. The molecule has 4 heteroatoms. The number of carbonyl (C=O) groups is 1. The predicted molar refractivity (Wildman–Crippen MR) is 56.2 cm³/mol. The van der Waals surface area contributed by atoms with E-state index in [1.165, 1.54) is 7.11 Å². The second-order valence-electron chi connectivity index (χ2n) is 2.74. The van der Waals surface area contributed by atoms with Gasteiger partial charge in [0.15, 0.2) is 6.10 Å². The molecule has 0 aromatic heterocycles. The van der Waals surface area contributed by atoms with E-state index >= 15 is 0 Å². The molecule has 0 radical (unpaired) electrons. The van der Waals surface area contributed by atoms with Gasteiger partial charge in [0.2, 0.25) is 0 Å². The van der Waals surface area contributed by atoms with Gasteiger partial charge in [-0.05, 0) is 31.2 Å². The van der Waals surface area contributed by atoms with Crippen LogP contribution >= 0.6 is 15.9 Å². The van der Waals surface area contributed by atoms with Crippen LogP contribution in [0.3, 0.4) is 0 Å². The summed E-state index contributed by atoms with van der Waals surface area (Å²) in [5.41, 5.74) is 0. The van der Waals surface area contributed by atoms with E-state index in [9.17, 15) is 4.79 Å². The van der Waals surface area contributed by atoms with Crippen molar-refractivity contribution in [2.45, 2.75) is 13.0 Å². The van der Waals surface area contributed by atoms with Gasteiger partial charge in [0, 0.05) is 4.47 Å². The quantitative estimate of drug-likeness (QED) is 0.782. The Hall–Kier alpha value is -1.03. The highest BCUT2D eigenvalue weighted by molar-refractivity contribution is 9.10. The Morgan fingerprint density at radius 2 is 1.93 bits per heavy atom. The van der Waals surface area contributed by atoms with Gasteiger partial charge >= 0.3 is 5.97 Å². The maximum atomic E-state index is 11.0. The molecule has 0 aliphatic rings. The van der Waals surface area contributed by atoms with Gasteiger partial charge in [0.05, 0.1) is 7.11 Å². The molecule has 0 aliphatic heterocycles. The smallest absolute Gasteiger partial charge is 0.346 e. The second-order valence-corrected chi connectivity index (χ2v) is 3.65. The van der Waals surface area contributed by atoms with Gasteiger partial charge in [-0.1, -0.05) is 15.9 Å². The molecule has 1 atom stereocenters. The monoisotopic (exact) mass is 258 g/mol. The number of hydrogen-bond donors (Lipinski definition) is 0. The van der Waals surface area contributed by atoms with Gasteiger partial charge in [0.1, 0.15) is 5.75 Å². The highest BCUT2D eigenvalue weighted by Gasteiger charge is 2.14. The SMILES string of the molecule is COC(=O)[C@@H](C)Oc1ccc(Br)cc1. The maximum absolute atomic E-state index is 11.0. The van der Waals surface area contributed by atoms with Crippen LogP contribution in [0.1, 0.15) is 6.92 Å². The van der Waals surface area contributed by atoms with Crippen LogP contribution in [-0.2, 0) is 9.53 Å². The lowest BCUT2D eigenvalue weighted by molar-refractivity contribution is -0.147. The maximum Gasteiger partial charge on any atom is 0.346 e. The van der Waals surface area contributed by atoms with Crippen molar-refractivity contribution >= 4 is 21.9 Å². The first-order chi connectivity index (χ1) is 6.63. The third kappa shape index (κ3) is 3.03. The number of rotatable bonds is 3. The molecule has 0 fully saturated rings. The zero-order valence-electron chi connectivity index (χ0n) is 7.99. The molecule has 0 aliphatic carbocycles. The highest BCUT2D eigenvalue weighted by atomic mass is 79.9. The highest BCUT2D eigenvalue weighted by Crippen LogP contribution is 2.17. The topological polar surface area (TPSA) is 35.5 Å². The molecule has 0 bridgehead atoms. The van der Waals surface area contributed by atoms with Gasteiger partial charge in [-0.3, -0.25) is 0 Å². The summed E-state index contributed by atoms with van der Waals surface area (Å²) in [6.07, 6.45) is -0.582.